The molecule has 0 bridgehead atoms. The first-order valence-electron chi connectivity index (χ1n) is 8.39. The Kier molecular flexibility index (Phi) is 5.11. The van der Waals surface area contributed by atoms with Crippen LogP contribution < -0.4 is 4.74 Å². The maximum Gasteiger partial charge on any atom is 0.147 e. The predicted octanol–water partition coefficient (Wildman–Crippen LogP) is 6.03. The highest BCUT2D eigenvalue weighted by molar-refractivity contribution is 7.98. The van der Waals surface area contributed by atoms with Gasteiger partial charge < -0.3 is 9.64 Å². The number of nitrogens with zero attached hydrogens (tertiary/aromatic N) is 2. The van der Waals surface area contributed by atoms with E-state index >= 15 is 0 Å². The summed E-state index contributed by atoms with van der Waals surface area (Å²) < 4.78 is 10.6. The van der Waals surface area contributed by atoms with E-state index in [0.29, 0.717) is 21.7 Å². The zero-order chi connectivity index (χ0) is 17.2. The minimum absolute atomic E-state index is 0.380. The van der Waals surface area contributed by atoms with Gasteiger partial charge in [0.2, 0.25) is 0 Å². The lowest BCUT2D eigenvalue weighted by Gasteiger charge is -2.37. The van der Waals surface area contributed by atoms with Crippen molar-refractivity contribution in [1.29, 1.82) is 0 Å². The van der Waals surface area contributed by atoms with E-state index in [2.05, 4.69) is 17.0 Å². The summed E-state index contributed by atoms with van der Waals surface area (Å²) in [6, 6.07) is 13.6. The van der Waals surface area contributed by atoms with Crippen molar-refractivity contribution in [3.8, 4) is 11.5 Å². The van der Waals surface area contributed by atoms with E-state index < -0.39 is 0 Å². The van der Waals surface area contributed by atoms with Gasteiger partial charge in [0.1, 0.15) is 22.4 Å². The molecule has 4 rings (SSSR count). The van der Waals surface area contributed by atoms with Crippen molar-refractivity contribution in [3.05, 3.63) is 58.1 Å². The quantitative estimate of drug-likeness (QED) is 0.596. The minimum Gasteiger partial charge on any atom is -0.456 e. The molecule has 0 saturated carbocycles. The van der Waals surface area contributed by atoms with Crippen LogP contribution in [0.3, 0.4) is 0 Å². The van der Waals surface area contributed by atoms with Gasteiger partial charge in [-0.3, -0.25) is 0 Å². The van der Waals surface area contributed by atoms with Crippen molar-refractivity contribution >= 4 is 41.0 Å². The summed E-state index contributed by atoms with van der Waals surface area (Å²) >= 11 is 13.9. The van der Waals surface area contributed by atoms with E-state index in [0.717, 1.165) is 31.0 Å². The molecule has 1 atom stereocenters. The molecule has 130 valence electrons. The molecule has 0 radical (unpaired) electrons. The fourth-order valence-electron chi connectivity index (χ4n) is 3.33. The van der Waals surface area contributed by atoms with Crippen LogP contribution in [0.2, 0.25) is 10.0 Å². The van der Waals surface area contributed by atoms with Crippen LogP contribution in [0, 0.1) is 0 Å². The Morgan fingerprint density at radius 1 is 1.08 bits per heavy atom. The smallest absolute Gasteiger partial charge is 0.147 e. The van der Waals surface area contributed by atoms with Crippen LogP contribution in [0.15, 0.2) is 46.9 Å². The predicted molar refractivity (Wildman–Crippen MR) is 106 cm³/mol. The van der Waals surface area contributed by atoms with Gasteiger partial charge >= 0.3 is 0 Å². The molecule has 0 aromatic heterocycles. The third kappa shape index (κ3) is 3.62. The van der Waals surface area contributed by atoms with Gasteiger partial charge in [-0.25, -0.2) is 4.40 Å². The molecule has 2 aromatic rings. The summed E-state index contributed by atoms with van der Waals surface area (Å²) in [6.07, 6.45) is 2.36. The van der Waals surface area contributed by atoms with Gasteiger partial charge in [0, 0.05) is 24.8 Å². The van der Waals surface area contributed by atoms with Crippen LogP contribution in [0.25, 0.3) is 0 Å². The SMILES string of the molecule is Clc1cccc(Oc2ccc(C3CCCN4CCSN=C34)cc2)c1Cl. The molecule has 2 heterocycles. The molecule has 1 unspecified atom stereocenters. The van der Waals surface area contributed by atoms with Crippen molar-refractivity contribution < 1.29 is 4.74 Å². The molecule has 3 nitrogen and oxygen atoms in total. The van der Waals surface area contributed by atoms with Gasteiger partial charge in [0.15, 0.2) is 0 Å². The van der Waals surface area contributed by atoms with Crippen LogP contribution >= 0.6 is 35.1 Å². The number of hydrogen-bond acceptors (Lipinski definition) is 4. The number of piperidine rings is 1. The van der Waals surface area contributed by atoms with E-state index in [9.17, 15) is 0 Å². The summed E-state index contributed by atoms with van der Waals surface area (Å²) in [7, 11) is 0. The van der Waals surface area contributed by atoms with E-state index in [4.69, 9.17) is 32.3 Å². The van der Waals surface area contributed by atoms with E-state index in [1.165, 1.54) is 17.8 Å². The molecular weight excluding hydrogens is 375 g/mol. The van der Waals surface area contributed by atoms with Crippen molar-refractivity contribution in [2.75, 3.05) is 18.8 Å². The average molecular weight is 393 g/mol. The van der Waals surface area contributed by atoms with Gasteiger partial charge in [-0.2, -0.15) is 0 Å². The van der Waals surface area contributed by atoms with Crippen molar-refractivity contribution in [2.45, 2.75) is 18.8 Å². The standard InChI is InChI=1S/C19H18Cl2N2OS/c20-16-4-1-5-17(18(16)21)24-14-8-6-13(7-9-14)15-3-2-10-23-11-12-25-22-19(15)23/h1,4-9,15H,2-3,10-12H2. The van der Waals surface area contributed by atoms with Crippen molar-refractivity contribution in [3.63, 3.8) is 0 Å². The molecule has 0 amide bonds. The van der Waals surface area contributed by atoms with E-state index in [1.54, 1.807) is 18.0 Å². The van der Waals surface area contributed by atoms with Gasteiger partial charge in [-0.1, -0.05) is 41.4 Å². The van der Waals surface area contributed by atoms with Crippen LogP contribution in [-0.2, 0) is 0 Å². The largest absolute Gasteiger partial charge is 0.456 e. The molecule has 1 saturated heterocycles. The molecular formula is C19H18Cl2N2OS. The van der Waals surface area contributed by atoms with E-state index in [1.807, 2.05) is 24.3 Å². The number of amidine groups is 1. The van der Waals surface area contributed by atoms with Crippen molar-refractivity contribution in [1.82, 2.24) is 4.90 Å². The number of ether oxygens (including phenoxy) is 1. The summed E-state index contributed by atoms with van der Waals surface area (Å²) in [6.45, 7) is 2.23. The Hall–Kier alpha value is -1.36. The Morgan fingerprint density at radius 3 is 2.76 bits per heavy atom. The molecule has 0 N–H and O–H groups in total. The van der Waals surface area contributed by atoms with Crippen LogP contribution in [0.5, 0.6) is 11.5 Å². The number of rotatable bonds is 3. The Bertz CT molecular complexity index is 795. The molecule has 2 aliphatic heterocycles. The first-order valence-corrected chi connectivity index (χ1v) is 10.1. The third-order valence-electron chi connectivity index (χ3n) is 4.59. The normalized spacial score (nSPS) is 20.0. The monoisotopic (exact) mass is 392 g/mol. The molecule has 2 aromatic carbocycles. The maximum absolute atomic E-state index is 6.19. The van der Waals surface area contributed by atoms with E-state index in [-0.39, 0.29) is 0 Å². The first kappa shape index (κ1) is 17.1. The Morgan fingerprint density at radius 2 is 1.92 bits per heavy atom. The zero-order valence-electron chi connectivity index (χ0n) is 13.6. The van der Waals surface area contributed by atoms with Gasteiger partial charge in [0.05, 0.1) is 5.02 Å². The third-order valence-corrected chi connectivity index (χ3v) is 6.08. The molecule has 0 spiro atoms. The second kappa shape index (κ2) is 7.48. The highest BCUT2D eigenvalue weighted by Crippen LogP contribution is 2.36. The van der Waals surface area contributed by atoms with Gasteiger partial charge in [-0.05, 0) is 54.6 Å². The summed E-state index contributed by atoms with van der Waals surface area (Å²) in [5, 5.41) is 0.927. The van der Waals surface area contributed by atoms with Crippen LogP contribution in [-0.4, -0.2) is 29.6 Å². The summed E-state index contributed by atoms with van der Waals surface area (Å²) in [5.74, 6) is 4.02. The Labute approximate surface area is 162 Å². The fourth-order valence-corrected chi connectivity index (χ4v) is 4.43. The number of benzene rings is 2. The summed E-state index contributed by atoms with van der Waals surface area (Å²) in [4.78, 5) is 2.43. The van der Waals surface area contributed by atoms with Crippen molar-refractivity contribution in [2.24, 2.45) is 4.40 Å². The lowest BCUT2D eigenvalue weighted by molar-refractivity contribution is 0.371. The Balaban J connectivity index is 1.54. The molecule has 25 heavy (non-hydrogen) atoms. The molecule has 6 heteroatoms. The first-order chi connectivity index (χ1) is 12.2. The number of halogens is 2. The van der Waals surface area contributed by atoms with Crippen LogP contribution in [0.4, 0.5) is 0 Å². The number of fused-ring (bicyclic) bond motifs is 1. The molecule has 0 aliphatic carbocycles. The fraction of sp³-hybridized carbons (Fsp3) is 0.316. The zero-order valence-corrected chi connectivity index (χ0v) is 15.9. The van der Waals surface area contributed by atoms with Gasteiger partial charge in [-0.15, -0.1) is 0 Å². The molecule has 1 fully saturated rings. The number of hydrogen-bond donors (Lipinski definition) is 0. The maximum atomic E-state index is 6.19. The highest BCUT2D eigenvalue weighted by Gasteiger charge is 2.29. The van der Waals surface area contributed by atoms with Crippen LogP contribution in [0.1, 0.15) is 24.3 Å². The summed E-state index contributed by atoms with van der Waals surface area (Å²) in [5.41, 5.74) is 1.29. The second-order valence-corrected chi connectivity index (χ2v) is 7.82. The highest BCUT2D eigenvalue weighted by atomic mass is 35.5. The van der Waals surface area contributed by atoms with Gasteiger partial charge in [0.25, 0.3) is 0 Å². The average Bonchev–Trinajstić information content (AvgIpc) is 2.66. The minimum atomic E-state index is 0.380. The lowest BCUT2D eigenvalue weighted by Crippen LogP contribution is -2.42. The lowest BCUT2D eigenvalue weighted by atomic mass is 9.89. The second-order valence-electron chi connectivity index (χ2n) is 6.19. The molecule has 2 aliphatic rings. The topological polar surface area (TPSA) is 24.8 Å².